The van der Waals surface area contributed by atoms with Crippen molar-refractivity contribution >= 4 is 40.4 Å². The molecule has 0 fully saturated rings. The van der Waals surface area contributed by atoms with Crippen LogP contribution in [0.4, 0.5) is 13.2 Å². The normalized spacial score (nSPS) is 13.1. The molecule has 1 unspecified atom stereocenters. The van der Waals surface area contributed by atoms with Crippen LogP contribution < -0.4 is 0 Å². The second-order valence-electron chi connectivity index (χ2n) is 13.3. The van der Waals surface area contributed by atoms with Gasteiger partial charge in [0.15, 0.2) is 0 Å². The summed E-state index contributed by atoms with van der Waals surface area (Å²) in [7, 11) is 1.45. The first-order valence-electron chi connectivity index (χ1n) is 16.3. The number of methoxy groups -OCH3 is 1. The van der Waals surface area contributed by atoms with Gasteiger partial charge in [0.2, 0.25) is 0 Å². The number of benzene rings is 2. The van der Waals surface area contributed by atoms with E-state index in [-0.39, 0.29) is 16.6 Å². The van der Waals surface area contributed by atoms with Crippen molar-refractivity contribution in [1.82, 2.24) is 15.0 Å². The number of carbonyl (C=O) groups excluding carboxylic acids is 1. The van der Waals surface area contributed by atoms with Gasteiger partial charge in [0.1, 0.15) is 5.03 Å². The molecule has 0 saturated carbocycles. The fraction of sp³-hybridized carbons (Fsp3) is 0.359. The number of alkyl halides is 3. The van der Waals surface area contributed by atoms with Gasteiger partial charge in [-0.25, -0.2) is 4.98 Å². The lowest BCUT2D eigenvalue weighted by molar-refractivity contribution is -0.155. The quantitative estimate of drug-likeness (QED) is 0.109. The zero-order valence-corrected chi connectivity index (χ0v) is 30.5. The Morgan fingerprint density at radius 2 is 1.63 bits per heavy atom. The van der Waals surface area contributed by atoms with Crippen LogP contribution in [-0.4, -0.2) is 32.8 Å². The van der Waals surface area contributed by atoms with Gasteiger partial charge in [0.25, 0.3) is 0 Å². The first kappa shape index (κ1) is 36.5. The van der Waals surface area contributed by atoms with Crippen LogP contribution in [0.3, 0.4) is 0 Å². The van der Waals surface area contributed by atoms with E-state index in [2.05, 4.69) is 60.0 Å². The number of pyridine rings is 2. The highest BCUT2D eigenvalue weighted by atomic mass is 32.2. The molecule has 5 rings (SSSR count). The molecular formula is C39H42F3N3O2S2. The number of ether oxygens (including phenoxy) is 1. The van der Waals surface area contributed by atoms with Gasteiger partial charge in [-0.15, -0.1) is 11.8 Å². The maximum Gasteiger partial charge on any atom is 0.417 e. The minimum atomic E-state index is -4.44. The highest BCUT2D eigenvalue weighted by Gasteiger charge is 2.46. The van der Waals surface area contributed by atoms with E-state index in [9.17, 15) is 18.0 Å². The van der Waals surface area contributed by atoms with Crippen LogP contribution in [0.15, 0.2) is 93.9 Å². The minimum Gasteiger partial charge on any atom is -0.469 e. The standard InChI is InChI=1S/C39H42F3N3O2S2/c1-8-38(9-2,36(46)47-7)30(20-25-11-13-26(14-12-25)31-17-15-27(23-43-31)39(40,41)42)34-35(49-37(4,5)6)29-21-28(16-18-32(29)45-34)48-33-19-10-24(3)22-44-33/h10-19,21-23,30,45H,8-9,20H2,1-7H3. The average molecular weight is 706 g/mol. The molecule has 0 bridgehead atoms. The van der Waals surface area contributed by atoms with Crippen molar-refractivity contribution in [2.45, 2.75) is 92.5 Å². The smallest absolute Gasteiger partial charge is 0.417 e. The summed E-state index contributed by atoms with van der Waals surface area (Å²) < 4.78 is 44.7. The number of aryl methyl sites for hydroxylation is 1. The largest absolute Gasteiger partial charge is 0.469 e. The number of esters is 1. The number of carbonyl (C=O) groups is 1. The van der Waals surface area contributed by atoms with Crippen molar-refractivity contribution in [3.05, 3.63) is 102 Å². The molecule has 5 nitrogen and oxygen atoms in total. The fourth-order valence-corrected chi connectivity index (χ4v) is 8.25. The number of H-pyrrole nitrogens is 1. The summed E-state index contributed by atoms with van der Waals surface area (Å²) in [5.41, 5.74) is 3.64. The number of thioether (sulfide) groups is 1. The van der Waals surface area contributed by atoms with E-state index in [1.54, 1.807) is 23.5 Å². The summed E-state index contributed by atoms with van der Waals surface area (Å²) in [6.07, 6.45) is -0.0299. The third kappa shape index (κ3) is 8.18. The van der Waals surface area contributed by atoms with Crippen LogP contribution in [0, 0.1) is 12.3 Å². The number of aromatic amines is 1. The molecule has 0 aliphatic carbocycles. The van der Waals surface area contributed by atoms with Crippen LogP contribution in [0.5, 0.6) is 0 Å². The van der Waals surface area contributed by atoms with Gasteiger partial charge in [0.05, 0.1) is 23.8 Å². The lowest BCUT2D eigenvalue weighted by atomic mass is 9.67. The predicted octanol–water partition coefficient (Wildman–Crippen LogP) is 11.3. The average Bonchev–Trinajstić information content (AvgIpc) is 3.41. The fourth-order valence-electron chi connectivity index (χ4n) is 6.26. The number of hydrogen-bond acceptors (Lipinski definition) is 6. The molecule has 2 aromatic carbocycles. The molecule has 49 heavy (non-hydrogen) atoms. The van der Waals surface area contributed by atoms with Gasteiger partial charge in [-0.1, -0.05) is 76.7 Å². The molecule has 0 saturated heterocycles. The Labute approximate surface area is 294 Å². The van der Waals surface area contributed by atoms with Crippen LogP contribution >= 0.6 is 23.5 Å². The van der Waals surface area contributed by atoms with Crippen molar-refractivity contribution in [3.63, 3.8) is 0 Å². The van der Waals surface area contributed by atoms with Crippen LogP contribution in [0.1, 0.15) is 75.8 Å². The lowest BCUT2D eigenvalue weighted by Gasteiger charge is -2.37. The van der Waals surface area contributed by atoms with E-state index in [0.29, 0.717) is 30.5 Å². The van der Waals surface area contributed by atoms with Gasteiger partial charge in [-0.05, 0) is 73.7 Å². The van der Waals surface area contributed by atoms with E-state index < -0.39 is 17.2 Å². The monoisotopic (exact) mass is 705 g/mol. The minimum absolute atomic E-state index is 0.126. The van der Waals surface area contributed by atoms with Crippen molar-refractivity contribution in [3.8, 4) is 11.3 Å². The maximum absolute atomic E-state index is 13.8. The summed E-state index contributed by atoms with van der Waals surface area (Å²) in [6, 6.07) is 20.6. The van der Waals surface area contributed by atoms with Gasteiger partial charge in [-0.2, -0.15) is 13.2 Å². The highest BCUT2D eigenvalue weighted by molar-refractivity contribution is 8.01. The first-order valence-corrected chi connectivity index (χ1v) is 18.0. The van der Waals surface area contributed by atoms with Crippen LogP contribution in [0.2, 0.25) is 0 Å². The van der Waals surface area contributed by atoms with Crippen molar-refractivity contribution < 1.29 is 22.7 Å². The Balaban J connectivity index is 1.60. The summed E-state index contributed by atoms with van der Waals surface area (Å²) in [4.78, 5) is 28.4. The third-order valence-corrected chi connectivity index (χ3v) is 11.1. The molecule has 1 N–H and O–H groups in total. The molecule has 0 spiro atoms. The van der Waals surface area contributed by atoms with E-state index in [1.165, 1.54) is 13.2 Å². The Bertz CT molecular complexity index is 1890. The number of aromatic nitrogens is 3. The number of nitrogens with one attached hydrogen (secondary N) is 1. The van der Waals surface area contributed by atoms with Crippen LogP contribution in [-0.2, 0) is 22.1 Å². The number of nitrogens with zero attached hydrogens (tertiary/aromatic N) is 2. The Morgan fingerprint density at radius 1 is 0.918 bits per heavy atom. The van der Waals surface area contributed by atoms with Crippen molar-refractivity contribution in [1.29, 1.82) is 0 Å². The number of rotatable bonds is 11. The predicted molar refractivity (Wildman–Crippen MR) is 193 cm³/mol. The van der Waals surface area contributed by atoms with Gasteiger partial charge in [0, 0.05) is 55.0 Å². The topological polar surface area (TPSA) is 67.9 Å². The molecule has 3 heterocycles. The number of hydrogen-bond donors (Lipinski definition) is 1. The molecule has 0 radical (unpaired) electrons. The van der Waals surface area contributed by atoms with E-state index >= 15 is 0 Å². The molecule has 0 aliphatic heterocycles. The Hall–Kier alpha value is -3.76. The zero-order chi connectivity index (χ0) is 35.6. The van der Waals surface area contributed by atoms with E-state index in [1.807, 2.05) is 57.3 Å². The molecular weight excluding hydrogens is 664 g/mol. The van der Waals surface area contributed by atoms with Crippen molar-refractivity contribution in [2.75, 3.05) is 7.11 Å². The maximum atomic E-state index is 13.8. The third-order valence-electron chi connectivity index (χ3n) is 8.91. The number of fused-ring (bicyclic) bond motifs is 1. The molecule has 258 valence electrons. The molecule has 5 aromatic rings. The second kappa shape index (κ2) is 14.6. The zero-order valence-electron chi connectivity index (χ0n) is 28.9. The van der Waals surface area contributed by atoms with E-state index in [0.717, 1.165) is 54.8 Å². The van der Waals surface area contributed by atoms with Crippen LogP contribution in [0.25, 0.3) is 22.2 Å². The molecule has 10 heteroatoms. The Morgan fingerprint density at radius 3 is 2.18 bits per heavy atom. The Kier molecular flexibility index (Phi) is 10.9. The van der Waals surface area contributed by atoms with Gasteiger partial charge >= 0.3 is 12.1 Å². The molecule has 3 aromatic heterocycles. The summed E-state index contributed by atoms with van der Waals surface area (Å²) in [6.45, 7) is 12.7. The van der Waals surface area contributed by atoms with Gasteiger partial charge < -0.3 is 9.72 Å². The SMILES string of the molecule is CCC(CC)(C(=O)OC)C(Cc1ccc(-c2ccc(C(F)(F)F)cn2)cc1)c1[nH]c2ccc(Sc3ccc(C)cn3)cc2c1SC(C)(C)C. The summed E-state index contributed by atoms with van der Waals surface area (Å²) in [5.74, 6) is -0.516. The summed E-state index contributed by atoms with van der Waals surface area (Å²) >= 11 is 3.40. The number of halogens is 3. The second-order valence-corrected chi connectivity index (χ2v) is 16.2. The molecule has 0 aliphatic rings. The van der Waals surface area contributed by atoms with Gasteiger partial charge in [-0.3, -0.25) is 9.78 Å². The van der Waals surface area contributed by atoms with Crippen molar-refractivity contribution in [2.24, 2.45) is 5.41 Å². The van der Waals surface area contributed by atoms with E-state index in [4.69, 9.17) is 4.74 Å². The molecule has 0 amide bonds. The molecule has 1 atom stereocenters. The lowest BCUT2D eigenvalue weighted by Crippen LogP contribution is -2.39. The highest BCUT2D eigenvalue weighted by Crippen LogP contribution is 2.51. The summed E-state index contributed by atoms with van der Waals surface area (Å²) in [5, 5.41) is 2.01. The first-order chi connectivity index (χ1) is 23.2.